The van der Waals surface area contributed by atoms with E-state index in [0.29, 0.717) is 12.3 Å². The molecule has 8 heteroatoms. The highest BCUT2D eigenvalue weighted by Crippen LogP contribution is 2.38. The van der Waals surface area contributed by atoms with Gasteiger partial charge in [-0.15, -0.1) is 0 Å². The van der Waals surface area contributed by atoms with E-state index in [2.05, 4.69) is 37.6 Å². The smallest absolute Gasteiger partial charge is 0.354 e. The number of anilines is 1. The van der Waals surface area contributed by atoms with Gasteiger partial charge < -0.3 is 14.7 Å². The fraction of sp³-hybridized carbons (Fsp3) is 0.556. The third-order valence-corrected chi connectivity index (χ3v) is 7.18. The molecule has 3 aromatic rings. The van der Waals surface area contributed by atoms with E-state index in [9.17, 15) is 9.90 Å². The van der Waals surface area contributed by atoms with E-state index in [-0.39, 0.29) is 23.3 Å². The Hall–Kier alpha value is -3.00. The molecule has 8 nitrogen and oxygen atoms in total. The first-order valence-electron chi connectivity index (χ1n) is 12.8. The second kappa shape index (κ2) is 9.22. The van der Waals surface area contributed by atoms with Crippen molar-refractivity contribution in [2.24, 2.45) is 0 Å². The van der Waals surface area contributed by atoms with E-state index in [0.717, 1.165) is 66.8 Å². The Morgan fingerprint density at radius 2 is 1.97 bits per heavy atom. The minimum absolute atomic E-state index is 0.0405. The number of aromatic nitrogens is 4. The molecule has 1 aliphatic heterocycles. The fourth-order valence-electron chi connectivity index (χ4n) is 5.43. The summed E-state index contributed by atoms with van der Waals surface area (Å²) < 4.78 is 7.85. The summed E-state index contributed by atoms with van der Waals surface area (Å²) in [4.78, 5) is 23.7. The standard InChI is InChI=1S/C27H35N5O3/c1-17(2)24-23-20(18-10-11-22(28-15-18)31-12-13-35-27(3,4)16-31)14-21(26(33)34)29-25(23)32(30-24)19-8-6-5-7-9-19/h10-11,14-15,17,19H,5-9,12-13,16H2,1-4H3,(H,33,34). The zero-order chi connectivity index (χ0) is 24.7. The van der Waals surface area contributed by atoms with Crippen LogP contribution in [0.4, 0.5) is 5.82 Å². The monoisotopic (exact) mass is 477 g/mol. The lowest BCUT2D eigenvalue weighted by Gasteiger charge is -2.38. The quantitative estimate of drug-likeness (QED) is 0.523. The zero-order valence-electron chi connectivity index (χ0n) is 21.1. The van der Waals surface area contributed by atoms with Gasteiger partial charge in [-0.1, -0.05) is 33.1 Å². The van der Waals surface area contributed by atoms with Gasteiger partial charge in [0.25, 0.3) is 0 Å². The molecule has 1 saturated heterocycles. The molecule has 4 heterocycles. The predicted octanol–water partition coefficient (Wildman–Crippen LogP) is 5.44. The van der Waals surface area contributed by atoms with Gasteiger partial charge in [-0.3, -0.25) is 0 Å². The second-order valence-corrected chi connectivity index (χ2v) is 10.8. The lowest BCUT2D eigenvalue weighted by Crippen LogP contribution is -2.48. The maximum Gasteiger partial charge on any atom is 0.354 e. The highest BCUT2D eigenvalue weighted by Gasteiger charge is 2.29. The van der Waals surface area contributed by atoms with E-state index >= 15 is 0 Å². The van der Waals surface area contributed by atoms with E-state index in [1.807, 2.05) is 23.0 Å². The summed E-state index contributed by atoms with van der Waals surface area (Å²) in [7, 11) is 0. The fourth-order valence-corrected chi connectivity index (χ4v) is 5.43. The first-order valence-corrected chi connectivity index (χ1v) is 12.8. The number of fused-ring (bicyclic) bond motifs is 1. The molecular weight excluding hydrogens is 442 g/mol. The number of carbonyl (C=O) groups is 1. The summed E-state index contributed by atoms with van der Waals surface area (Å²) in [5.74, 6) is 0.0491. The van der Waals surface area contributed by atoms with Gasteiger partial charge in [-0.05, 0) is 56.4 Å². The average Bonchev–Trinajstić information content (AvgIpc) is 3.23. The zero-order valence-corrected chi connectivity index (χ0v) is 21.1. The molecule has 1 saturated carbocycles. The maximum absolute atomic E-state index is 12.1. The van der Waals surface area contributed by atoms with Gasteiger partial charge in [-0.25, -0.2) is 19.4 Å². The van der Waals surface area contributed by atoms with Crippen LogP contribution in [0, 0.1) is 0 Å². The molecule has 0 radical (unpaired) electrons. The molecule has 3 aromatic heterocycles. The van der Waals surface area contributed by atoms with Gasteiger partial charge in [0.2, 0.25) is 0 Å². The van der Waals surface area contributed by atoms with Crippen LogP contribution in [0.5, 0.6) is 0 Å². The number of rotatable bonds is 5. The summed E-state index contributed by atoms with van der Waals surface area (Å²) in [5.41, 5.74) is 3.17. The second-order valence-electron chi connectivity index (χ2n) is 10.8. The minimum Gasteiger partial charge on any atom is -0.477 e. The lowest BCUT2D eigenvalue weighted by molar-refractivity contribution is -0.0279. The summed E-state index contributed by atoms with van der Waals surface area (Å²) in [6.07, 6.45) is 7.52. The van der Waals surface area contributed by atoms with Crippen molar-refractivity contribution in [3.63, 3.8) is 0 Å². The Morgan fingerprint density at radius 3 is 2.60 bits per heavy atom. The number of ether oxygens (including phenoxy) is 1. The summed E-state index contributed by atoms with van der Waals surface area (Å²) in [6.45, 7) is 10.7. The number of carboxylic acids is 1. The Balaban J connectivity index is 1.62. The van der Waals surface area contributed by atoms with Crippen LogP contribution >= 0.6 is 0 Å². The van der Waals surface area contributed by atoms with Gasteiger partial charge in [0, 0.05) is 24.8 Å². The van der Waals surface area contributed by atoms with Crippen LogP contribution in [0.2, 0.25) is 0 Å². The van der Waals surface area contributed by atoms with Crippen LogP contribution in [-0.2, 0) is 4.74 Å². The summed E-state index contributed by atoms with van der Waals surface area (Å²) >= 11 is 0. The number of morpholine rings is 1. The molecule has 1 aliphatic carbocycles. The number of hydrogen-bond acceptors (Lipinski definition) is 6. The third kappa shape index (κ3) is 4.63. The van der Waals surface area contributed by atoms with Crippen molar-refractivity contribution in [2.45, 2.75) is 77.4 Å². The molecule has 2 aliphatic rings. The summed E-state index contributed by atoms with van der Waals surface area (Å²) in [5, 5.41) is 15.8. The number of nitrogens with zero attached hydrogens (tertiary/aromatic N) is 5. The molecule has 186 valence electrons. The Morgan fingerprint density at radius 1 is 1.20 bits per heavy atom. The number of carboxylic acid groups (broad SMARTS) is 1. The van der Waals surface area contributed by atoms with Crippen molar-refractivity contribution >= 4 is 22.8 Å². The molecule has 0 aromatic carbocycles. The topological polar surface area (TPSA) is 93.4 Å². The first kappa shape index (κ1) is 23.7. The Bertz CT molecular complexity index is 1230. The molecule has 0 unspecified atom stereocenters. The first-order chi connectivity index (χ1) is 16.7. The van der Waals surface area contributed by atoms with Crippen LogP contribution in [-0.4, -0.2) is 56.1 Å². The van der Waals surface area contributed by atoms with Crippen LogP contribution < -0.4 is 4.90 Å². The molecule has 5 rings (SSSR count). The van der Waals surface area contributed by atoms with Crippen molar-refractivity contribution in [3.05, 3.63) is 35.8 Å². The van der Waals surface area contributed by atoms with Crippen molar-refractivity contribution in [1.29, 1.82) is 0 Å². The highest BCUT2D eigenvalue weighted by atomic mass is 16.5. The number of pyridine rings is 2. The molecule has 35 heavy (non-hydrogen) atoms. The Kier molecular flexibility index (Phi) is 6.25. The number of aromatic carboxylic acids is 1. The van der Waals surface area contributed by atoms with Crippen molar-refractivity contribution < 1.29 is 14.6 Å². The van der Waals surface area contributed by atoms with Gasteiger partial charge in [0.15, 0.2) is 11.3 Å². The molecule has 1 N–H and O–H groups in total. The van der Waals surface area contributed by atoms with Gasteiger partial charge in [0.05, 0.1) is 29.3 Å². The van der Waals surface area contributed by atoms with E-state index in [1.54, 1.807) is 6.07 Å². The molecule has 0 spiro atoms. The molecule has 2 fully saturated rings. The van der Waals surface area contributed by atoms with E-state index in [1.165, 1.54) is 6.42 Å². The molecule has 0 atom stereocenters. The van der Waals surface area contributed by atoms with Crippen LogP contribution in [0.3, 0.4) is 0 Å². The maximum atomic E-state index is 12.1. The van der Waals surface area contributed by atoms with E-state index in [4.69, 9.17) is 14.8 Å². The van der Waals surface area contributed by atoms with Gasteiger partial charge in [-0.2, -0.15) is 5.10 Å². The summed E-state index contributed by atoms with van der Waals surface area (Å²) in [6, 6.07) is 5.99. The molecular formula is C27H35N5O3. The highest BCUT2D eigenvalue weighted by molar-refractivity contribution is 5.99. The normalized spacial score (nSPS) is 18.9. The van der Waals surface area contributed by atoms with E-state index < -0.39 is 5.97 Å². The lowest BCUT2D eigenvalue weighted by atomic mass is 9.95. The van der Waals surface area contributed by atoms with Crippen molar-refractivity contribution in [1.82, 2.24) is 19.7 Å². The van der Waals surface area contributed by atoms with Crippen LogP contribution in [0.15, 0.2) is 24.4 Å². The van der Waals surface area contributed by atoms with Gasteiger partial charge >= 0.3 is 5.97 Å². The van der Waals surface area contributed by atoms with Crippen molar-refractivity contribution in [2.75, 3.05) is 24.6 Å². The van der Waals surface area contributed by atoms with Crippen LogP contribution in [0.25, 0.3) is 22.2 Å². The SMILES string of the molecule is CC(C)c1nn(C2CCCCC2)c2nc(C(=O)O)cc(-c3ccc(N4CCOC(C)(C)C4)nc3)c12. The van der Waals surface area contributed by atoms with Gasteiger partial charge in [0.1, 0.15) is 5.82 Å². The average molecular weight is 478 g/mol. The minimum atomic E-state index is -1.03. The van der Waals surface area contributed by atoms with Crippen molar-refractivity contribution in [3.8, 4) is 11.1 Å². The largest absolute Gasteiger partial charge is 0.477 e. The molecule has 0 bridgehead atoms. The predicted molar refractivity (Wildman–Crippen MR) is 136 cm³/mol. The van der Waals surface area contributed by atoms with Crippen LogP contribution in [0.1, 0.15) is 87.9 Å². The Labute approximate surface area is 206 Å². The third-order valence-electron chi connectivity index (χ3n) is 7.18. The molecule has 0 amide bonds. The number of hydrogen-bond donors (Lipinski definition) is 1.